The molecule has 132 valence electrons. The number of amides is 1. The third-order valence-corrected chi connectivity index (χ3v) is 3.38. The van der Waals surface area contributed by atoms with Crippen molar-refractivity contribution in [3.8, 4) is 5.75 Å². The molecule has 0 atom stereocenters. The molecular weight excluding hydrogens is 328 g/mol. The number of hydrogen-bond acceptors (Lipinski definition) is 4. The van der Waals surface area contributed by atoms with Crippen LogP contribution < -0.4 is 15.8 Å². The molecule has 0 aliphatic rings. The lowest BCUT2D eigenvalue weighted by molar-refractivity contribution is 0.102. The van der Waals surface area contributed by atoms with Gasteiger partial charge in [0.05, 0.1) is 11.8 Å². The summed E-state index contributed by atoms with van der Waals surface area (Å²) in [6, 6.07) is 7.22. The molecule has 7 heteroatoms. The fourth-order valence-electron chi connectivity index (χ4n) is 2.21. The van der Waals surface area contributed by atoms with Crippen molar-refractivity contribution in [1.29, 1.82) is 0 Å². The van der Waals surface area contributed by atoms with Crippen LogP contribution in [0.25, 0.3) is 0 Å². The number of nitrogens with two attached hydrogens (primary N) is 1. The largest absolute Gasteiger partial charge is 0.492 e. The molecule has 0 spiro atoms. The predicted octanol–water partition coefficient (Wildman–Crippen LogP) is 2.86. The molecule has 6 nitrogen and oxygen atoms in total. The molecule has 1 aromatic heterocycles. The number of hydrogen-bond donors (Lipinski definition) is 2. The van der Waals surface area contributed by atoms with Crippen LogP contribution in [-0.4, -0.2) is 28.8 Å². The lowest BCUT2D eigenvalue weighted by Crippen LogP contribution is -2.14. The Hall–Kier alpha value is -2.05. The Labute approximate surface area is 148 Å². The van der Waals surface area contributed by atoms with Gasteiger partial charge in [0.1, 0.15) is 12.4 Å². The van der Waals surface area contributed by atoms with E-state index < -0.39 is 0 Å². The van der Waals surface area contributed by atoms with E-state index >= 15 is 0 Å². The zero-order chi connectivity index (χ0) is 16.8. The number of rotatable bonds is 7. The average molecular weight is 353 g/mol. The Morgan fingerprint density at radius 2 is 2.00 bits per heavy atom. The van der Waals surface area contributed by atoms with E-state index in [0.717, 1.165) is 18.0 Å². The summed E-state index contributed by atoms with van der Waals surface area (Å²) in [4.78, 5) is 12.4. The summed E-state index contributed by atoms with van der Waals surface area (Å²) in [7, 11) is 0. The number of aromatic nitrogens is 2. The molecule has 0 aliphatic heterocycles. The van der Waals surface area contributed by atoms with Gasteiger partial charge in [0.25, 0.3) is 5.91 Å². The standard InChI is InChI=1S/C17H24N4O2.ClH/c1-12(2)11-21-13(3)16(10-19-21)17(22)20-14-4-6-15(7-5-14)23-9-8-18;/h4-7,10,12H,8-9,11,18H2,1-3H3,(H,20,22);1H. The third kappa shape index (κ3) is 5.25. The van der Waals surface area contributed by atoms with Crippen molar-refractivity contribution >= 4 is 24.0 Å². The molecule has 1 amide bonds. The summed E-state index contributed by atoms with van der Waals surface area (Å²) in [6.45, 7) is 7.89. The topological polar surface area (TPSA) is 82.2 Å². The third-order valence-electron chi connectivity index (χ3n) is 3.38. The number of benzene rings is 1. The Morgan fingerprint density at radius 3 is 2.58 bits per heavy atom. The first-order valence-corrected chi connectivity index (χ1v) is 7.78. The first kappa shape index (κ1) is 20.0. The van der Waals surface area contributed by atoms with Crippen molar-refractivity contribution in [2.75, 3.05) is 18.5 Å². The van der Waals surface area contributed by atoms with E-state index in [2.05, 4.69) is 24.3 Å². The second-order valence-corrected chi connectivity index (χ2v) is 5.84. The molecule has 24 heavy (non-hydrogen) atoms. The van der Waals surface area contributed by atoms with Crippen LogP contribution in [0.15, 0.2) is 30.5 Å². The smallest absolute Gasteiger partial charge is 0.259 e. The average Bonchev–Trinajstić information content (AvgIpc) is 2.87. The molecule has 0 aliphatic carbocycles. The molecule has 0 unspecified atom stereocenters. The predicted molar refractivity (Wildman–Crippen MR) is 98.0 cm³/mol. The number of anilines is 1. The van der Waals surface area contributed by atoms with Gasteiger partial charge in [-0.25, -0.2) is 0 Å². The maximum absolute atomic E-state index is 12.4. The van der Waals surface area contributed by atoms with Gasteiger partial charge >= 0.3 is 0 Å². The van der Waals surface area contributed by atoms with Crippen molar-refractivity contribution in [1.82, 2.24) is 9.78 Å². The second-order valence-electron chi connectivity index (χ2n) is 5.84. The lowest BCUT2D eigenvalue weighted by atomic mass is 10.2. The Kier molecular flexibility index (Phi) is 7.74. The van der Waals surface area contributed by atoms with Crippen LogP contribution in [0.1, 0.15) is 29.9 Å². The number of nitrogens with zero attached hydrogens (tertiary/aromatic N) is 2. The van der Waals surface area contributed by atoms with Crippen LogP contribution in [0, 0.1) is 12.8 Å². The summed E-state index contributed by atoms with van der Waals surface area (Å²) in [5.41, 5.74) is 7.57. The van der Waals surface area contributed by atoms with E-state index in [-0.39, 0.29) is 18.3 Å². The number of carbonyl (C=O) groups excluding carboxylic acids is 1. The highest BCUT2D eigenvalue weighted by atomic mass is 35.5. The minimum Gasteiger partial charge on any atom is -0.492 e. The first-order chi connectivity index (χ1) is 11.0. The number of carbonyl (C=O) groups is 1. The number of nitrogens with one attached hydrogen (secondary N) is 1. The maximum Gasteiger partial charge on any atom is 0.259 e. The molecule has 2 rings (SSSR count). The van der Waals surface area contributed by atoms with Crippen LogP contribution in [0.5, 0.6) is 5.75 Å². The van der Waals surface area contributed by atoms with Crippen LogP contribution in [0.4, 0.5) is 5.69 Å². The van der Waals surface area contributed by atoms with Gasteiger partial charge in [-0.1, -0.05) is 13.8 Å². The summed E-state index contributed by atoms with van der Waals surface area (Å²) in [6.07, 6.45) is 1.62. The molecule has 0 saturated heterocycles. The highest BCUT2D eigenvalue weighted by molar-refractivity contribution is 6.04. The van der Waals surface area contributed by atoms with Crippen molar-refractivity contribution in [2.45, 2.75) is 27.3 Å². The molecule has 3 N–H and O–H groups in total. The van der Waals surface area contributed by atoms with E-state index in [4.69, 9.17) is 10.5 Å². The summed E-state index contributed by atoms with van der Waals surface area (Å²) >= 11 is 0. The minimum absolute atomic E-state index is 0. The Morgan fingerprint density at radius 1 is 1.33 bits per heavy atom. The zero-order valence-electron chi connectivity index (χ0n) is 14.3. The van der Waals surface area contributed by atoms with Gasteiger partial charge in [-0.3, -0.25) is 9.48 Å². The first-order valence-electron chi connectivity index (χ1n) is 7.78. The van der Waals surface area contributed by atoms with Gasteiger partial charge in [0, 0.05) is 24.5 Å². The van der Waals surface area contributed by atoms with Crippen LogP contribution in [-0.2, 0) is 6.54 Å². The van der Waals surface area contributed by atoms with Crippen molar-refractivity contribution in [3.63, 3.8) is 0 Å². The van der Waals surface area contributed by atoms with Gasteiger partial charge in [-0.15, -0.1) is 12.4 Å². The fraction of sp³-hybridized carbons (Fsp3) is 0.412. The van der Waals surface area contributed by atoms with Gasteiger partial charge < -0.3 is 15.8 Å². The molecule has 0 fully saturated rings. The molecule has 2 aromatic rings. The van der Waals surface area contributed by atoms with Crippen LogP contribution >= 0.6 is 12.4 Å². The Bertz CT molecular complexity index is 653. The van der Waals surface area contributed by atoms with E-state index in [0.29, 0.717) is 30.3 Å². The van der Waals surface area contributed by atoms with E-state index in [9.17, 15) is 4.79 Å². The van der Waals surface area contributed by atoms with E-state index in [1.165, 1.54) is 0 Å². The monoisotopic (exact) mass is 352 g/mol. The fourth-order valence-corrected chi connectivity index (χ4v) is 2.21. The second kappa shape index (κ2) is 9.30. The Balaban J connectivity index is 0.00000288. The highest BCUT2D eigenvalue weighted by Gasteiger charge is 2.15. The highest BCUT2D eigenvalue weighted by Crippen LogP contribution is 2.17. The molecule has 0 saturated carbocycles. The molecule has 1 aromatic carbocycles. The van der Waals surface area contributed by atoms with E-state index in [1.807, 2.05) is 11.6 Å². The quantitative estimate of drug-likeness (QED) is 0.802. The van der Waals surface area contributed by atoms with Crippen molar-refractivity contribution < 1.29 is 9.53 Å². The SMILES string of the molecule is Cc1c(C(=O)Nc2ccc(OCCN)cc2)cnn1CC(C)C.Cl. The minimum atomic E-state index is -0.159. The van der Waals surface area contributed by atoms with Gasteiger partial charge in [-0.2, -0.15) is 5.10 Å². The van der Waals surface area contributed by atoms with Gasteiger partial charge in [0.2, 0.25) is 0 Å². The summed E-state index contributed by atoms with van der Waals surface area (Å²) in [5.74, 6) is 1.05. The summed E-state index contributed by atoms with van der Waals surface area (Å²) in [5, 5.41) is 7.17. The van der Waals surface area contributed by atoms with Gasteiger partial charge in [0.15, 0.2) is 0 Å². The van der Waals surface area contributed by atoms with E-state index in [1.54, 1.807) is 30.5 Å². The normalized spacial score (nSPS) is 10.4. The lowest BCUT2D eigenvalue weighted by Gasteiger charge is -2.09. The van der Waals surface area contributed by atoms with Crippen molar-refractivity contribution in [2.24, 2.45) is 11.7 Å². The van der Waals surface area contributed by atoms with Crippen molar-refractivity contribution in [3.05, 3.63) is 41.7 Å². The number of halogens is 1. The molecule has 1 heterocycles. The van der Waals surface area contributed by atoms with Gasteiger partial charge in [-0.05, 0) is 37.1 Å². The maximum atomic E-state index is 12.4. The molecular formula is C17H25ClN4O2. The zero-order valence-corrected chi connectivity index (χ0v) is 15.1. The van der Waals surface area contributed by atoms with Crippen LogP contribution in [0.3, 0.4) is 0 Å². The molecule has 0 bridgehead atoms. The summed E-state index contributed by atoms with van der Waals surface area (Å²) < 4.78 is 7.27. The molecule has 0 radical (unpaired) electrons. The number of ether oxygens (including phenoxy) is 1. The van der Waals surface area contributed by atoms with Crippen LogP contribution in [0.2, 0.25) is 0 Å².